The summed E-state index contributed by atoms with van der Waals surface area (Å²) in [7, 11) is 1.89. The van der Waals surface area contributed by atoms with E-state index in [1.54, 1.807) is 37.2 Å². The molecule has 0 saturated carbocycles. The average Bonchev–Trinajstić information content (AvgIpc) is 3.45. The van der Waals surface area contributed by atoms with Crippen LogP contribution < -0.4 is 10.1 Å². The van der Waals surface area contributed by atoms with Gasteiger partial charge in [0.1, 0.15) is 23.4 Å². The van der Waals surface area contributed by atoms with Gasteiger partial charge >= 0.3 is 0 Å². The van der Waals surface area contributed by atoms with Crippen molar-refractivity contribution in [2.45, 2.75) is 25.8 Å². The molecule has 1 amide bonds. The van der Waals surface area contributed by atoms with Gasteiger partial charge in [0.15, 0.2) is 5.82 Å². The molecule has 0 fully saturated rings. The quantitative estimate of drug-likeness (QED) is 0.494. The van der Waals surface area contributed by atoms with Crippen LogP contribution in [-0.4, -0.2) is 46.8 Å². The van der Waals surface area contributed by atoms with Crippen molar-refractivity contribution < 1.29 is 9.53 Å². The van der Waals surface area contributed by atoms with Crippen molar-refractivity contribution in [3.8, 4) is 28.7 Å². The standard InChI is InChI=1S/C22H22N8O2/c1-14-5-4-8-32-22-16(9-15(10-24-22)18-11-23-12-29(18)2)21(31)27-19-7-3-6-17(26-19)20-28-25-13-30(14)20/h3,6-7,9-14H,4-5,8H2,1-2H3,(H,26,27,31)/t14-/m0/s1. The fourth-order valence-electron chi connectivity index (χ4n) is 3.75. The minimum Gasteiger partial charge on any atom is -0.477 e. The molecule has 4 aromatic rings. The number of aromatic nitrogens is 7. The highest BCUT2D eigenvalue weighted by Gasteiger charge is 2.20. The van der Waals surface area contributed by atoms with Crippen LogP contribution in [0, 0.1) is 0 Å². The molecule has 10 heteroatoms. The van der Waals surface area contributed by atoms with E-state index in [2.05, 4.69) is 37.4 Å². The molecule has 162 valence electrons. The van der Waals surface area contributed by atoms with E-state index in [0.717, 1.165) is 24.1 Å². The zero-order valence-corrected chi connectivity index (χ0v) is 17.8. The highest BCUT2D eigenvalue weighted by molar-refractivity contribution is 6.06. The Kier molecular flexibility index (Phi) is 5.10. The van der Waals surface area contributed by atoms with Crippen LogP contribution in [0.1, 0.15) is 36.2 Å². The summed E-state index contributed by atoms with van der Waals surface area (Å²) >= 11 is 0. The van der Waals surface area contributed by atoms with Crippen LogP contribution in [-0.2, 0) is 7.05 Å². The van der Waals surface area contributed by atoms with Crippen molar-refractivity contribution in [1.29, 1.82) is 0 Å². The van der Waals surface area contributed by atoms with Crippen LogP contribution in [0.4, 0.5) is 5.82 Å². The van der Waals surface area contributed by atoms with E-state index >= 15 is 0 Å². The Morgan fingerprint density at radius 1 is 1.22 bits per heavy atom. The number of amides is 1. The van der Waals surface area contributed by atoms with Crippen molar-refractivity contribution >= 4 is 11.7 Å². The van der Waals surface area contributed by atoms with Gasteiger partial charge in [0.05, 0.1) is 24.8 Å². The molecule has 0 radical (unpaired) electrons. The Balaban J connectivity index is 1.56. The lowest BCUT2D eigenvalue weighted by atomic mass is 10.1. The van der Waals surface area contributed by atoms with Crippen LogP contribution in [0.25, 0.3) is 22.8 Å². The molecule has 0 aliphatic carbocycles. The first-order valence-corrected chi connectivity index (χ1v) is 10.4. The number of rotatable bonds is 1. The summed E-state index contributed by atoms with van der Waals surface area (Å²) in [5.74, 6) is 1.00. The van der Waals surface area contributed by atoms with E-state index in [9.17, 15) is 4.79 Å². The number of imidazole rings is 1. The molecule has 1 atom stereocenters. The number of nitrogens with zero attached hydrogens (tertiary/aromatic N) is 7. The van der Waals surface area contributed by atoms with Crippen molar-refractivity contribution in [3.63, 3.8) is 0 Å². The van der Waals surface area contributed by atoms with Gasteiger partial charge in [0.2, 0.25) is 5.88 Å². The number of hydrogen-bond acceptors (Lipinski definition) is 7. The Morgan fingerprint density at radius 3 is 2.97 bits per heavy atom. The lowest BCUT2D eigenvalue weighted by Crippen LogP contribution is -2.17. The SMILES string of the molecule is C[C@H]1CCCOc2ncc(-c3cncn3C)cc2C(=O)Nc2cccc(n2)-c2nncn21. The maximum atomic E-state index is 13.2. The number of aryl methyl sites for hydroxylation is 1. The normalized spacial score (nSPS) is 16.3. The number of hydrogen-bond donors (Lipinski definition) is 1. The smallest absolute Gasteiger partial charge is 0.262 e. The van der Waals surface area contributed by atoms with Crippen LogP contribution in [0.2, 0.25) is 0 Å². The molecule has 5 rings (SSSR count). The van der Waals surface area contributed by atoms with Gasteiger partial charge in [-0.25, -0.2) is 15.0 Å². The van der Waals surface area contributed by atoms with E-state index in [-0.39, 0.29) is 11.9 Å². The Bertz CT molecular complexity index is 1280. The number of fused-ring (bicyclic) bond motifs is 5. The first kappa shape index (κ1) is 19.9. The first-order chi connectivity index (χ1) is 15.6. The zero-order chi connectivity index (χ0) is 22.1. The fourth-order valence-corrected chi connectivity index (χ4v) is 3.75. The molecular formula is C22H22N8O2. The first-order valence-electron chi connectivity index (χ1n) is 10.4. The van der Waals surface area contributed by atoms with Gasteiger partial charge in [-0.05, 0) is 38.0 Å². The van der Waals surface area contributed by atoms with Crippen LogP contribution in [0.5, 0.6) is 5.88 Å². The summed E-state index contributed by atoms with van der Waals surface area (Å²) < 4.78 is 9.78. The predicted molar refractivity (Wildman–Crippen MR) is 117 cm³/mol. The topological polar surface area (TPSA) is 113 Å². The maximum Gasteiger partial charge on any atom is 0.262 e. The Hall–Kier alpha value is -4.08. The Labute approximate surface area is 184 Å². The number of ether oxygens (including phenoxy) is 1. The maximum absolute atomic E-state index is 13.2. The second kappa shape index (κ2) is 8.22. The molecule has 4 aromatic heterocycles. The molecule has 0 saturated heterocycles. The van der Waals surface area contributed by atoms with Crippen molar-refractivity contribution in [3.05, 3.63) is 54.9 Å². The molecule has 0 spiro atoms. The second-order valence-electron chi connectivity index (χ2n) is 7.73. The lowest BCUT2D eigenvalue weighted by molar-refractivity contribution is 0.102. The number of nitrogens with one attached hydrogen (secondary N) is 1. The third-order valence-corrected chi connectivity index (χ3v) is 5.48. The minimum atomic E-state index is -0.354. The molecule has 10 nitrogen and oxygen atoms in total. The van der Waals surface area contributed by atoms with E-state index < -0.39 is 0 Å². The highest BCUT2D eigenvalue weighted by atomic mass is 16.5. The van der Waals surface area contributed by atoms with Gasteiger partial charge in [-0.3, -0.25) is 4.79 Å². The number of carbonyl (C=O) groups excluding carboxylic acids is 1. The van der Waals surface area contributed by atoms with E-state index in [1.807, 2.05) is 28.3 Å². The average molecular weight is 430 g/mol. The molecular weight excluding hydrogens is 408 g/mol. The van der Waals surface area contributed by atoms with Crippen molar-refractivity contribution in [2.75, 3.05) is 11.9 Å². The molecule has 1 aliphatic rings. The lowest BCUT2D eigenvalue weighted by Gasteiger charge is -2.17. The molecule has 2 bridgehead atoms. The minimum absolute atomic E-state index is 0.159. The molecule has 1 aliphatic heterocycles. The van der Waals surface area contributed by atoms with Crippen molar-refractivity contribution in [2.24, 2.45) is 7.05 Å². The largest absolute Gasteiger partial charge is 0.477 e. The van der Waals surface area contributed by atoms with Crippen molar-refractivity contribution in [1.82, 2.24) is 34.3 Å². The van der Waals surface area contributed by atoms with E-state index in [4.69, 9.17) is 4.74 Å². The number of pyridine rings is 2. The van der Waals surface area contributed by atoms with Gasteiger partial charge in [0, 0.05) is 24.8 Å². The van der Waals surface area contributed by atoms with Crippen LogP contribution >= 0.6 is 0 Å². The summed E-state index contributed by atoms with van der Waals surface area (Å²) in [5.41, 5.74) is 2.60. The van der Waals surface area contributed by atoms with Crippen LogP contribution in [0.3, 0.4) is 0 Å². The molecule has 32 heavy (non-hydrogen) atoms. The van der Waals surface area contributed by atoms with Gasteiger partial charge in [0.25, 0.3) is 5.91 Å². The third kappa shape index (κ3) is 3.70. The fraction of sp³-hybridized carbons (Fsp3) is 0.273. The third-order valence-electron chi connectivity index (χ3n) is 5.48. The van der Waals surface area contributed by atoms with E-state index in [1.165, 1.54) is 0 Å². The van der Waals surface area contributed by atoms with Gasteiger partial charge < -0.3 is 19.2 Å². The number of carbonyl (C=O) groups is 1. The highest BCUT2D eigenvalue weighted by Crippen LogP contribution is 2.27. The monoisotopic (exact) mass is 430 g/mol. The summed E-state index contributed by atoms with van der Waals surface area (Å²) in [4.78, 5) is 26.4. The summed E-state index contributed by atoms with van der Waals surface area (Å²) in [6.45, 7) is 2.54. The zero-order valence-electron chi connectivity index (χ0n) is 17.8. The summed E-state index contributed by atoms with van der Waals surface area (Å²) in [6.07, 6.45) is 8.45. The molecule has 5 heterocycles. The van der Waals surface area contributed by atoms with Gasteiger partial charge in [-0.15, -0.1) is 10.2 Å². The van der Waals surface area contributed by atoms with Gasteiger partial charge in [-0.2, -0.15) is 0 Å². The molecule has 1 N–H and O–H groups in total. The number of anilines is 1. The second-order valence-corrected chi connectivity index (χ2v) is 7.73. The van der Waals surface area contributed by atoms with Crippen LogP contribution in [0.15, 0.2) is 49.3 Å². The van der Waals surface area contributed by atoms with E-state index in [0.29, 0.717) is 35.4 Å². The predicted octanol–water partition coefficient (Wildman–Crippen LogP) is 3.12. The molecule has 0 unspecified atom stereocenters. The summed E-state index contributed by atoms with van der Waals surface area (Å²) in [6, 6.07) is 7.34. The van der Waals surface area contributed by atoms with Gasteiger partial charge in [-0.1, -0.05) is 6.07 Å². The Morgan fingerprint density at radius 2 is 2.12 bits per heavy atom. The summed E-state index contributed by atoms with van der Waals surface area (Å²) in [5, 5.41) is 11.2. The molecule has 0 aromatic carbocycles.